The second-order valence-electron chi connectivity index (χ2n) is 9.22. The van der Waals surface area contributed by atoms with Crippen molar-refractivity contribution < 1.29 is 23.4 Å². The summed E-state index contributed by atoms with van der Waals surface area (Å²) < 4.78 is 23.0. The van der Waals surface area contributed by atoms with E-state index in [-0.39, 0.29) is 13.2 Å². The van der Waals surface area contributed by atoms with Crippen molar-refractivity contribution in [2.45, 2.75) is 45.5 Å². The molecule has 1 N–H and O–H groups in total. The largest absolute Gasteiger partial charge is 0.492 e. The highest BCUT2D eigenvalue weighted by atomic mass is 16.7. The molecule has 1 aliphatic heterocycles. The molecule has 176 valence electrons. The van der Waals surface area contributed by atoms with Gasteiger partial charge in [0.15, 0.2) is 5.76 Å². The van der Waals surface area contributed by atoms with Gasteiger partial charge in [0.1, 0.15) is 6.61 Å². The van der Waals surface area contributed by atoms with Crippen LogP contribution in [0.2, 0.25) is 0 Å². The van der Waals surface area contributed by atoms with Crippen LogP contribution in [0, 0.1) is 0 Å². The Morgan fingerprint density at radius 3 is 2.29 bits per heavy atom. The molecule has 0 atom stereocenters. The molecule has 2 aromatic carbocycles. The molecule has 34 heavy (non-hydrogen) atoms. The van der Waals surface area contributed by atoms with E-state index in [1.54, 1.807) is 6.20 Å². The number of alkyl carbamates (subject to hydrolysis) is 1. The summed E-state index contributed by atoms with van der Waals surface area (Å²) in [5, 5.41) is 6.58. The second kappa shape index (κ2) is 9.87. The number of rotatable bonds is 7. The molecular formula is C26H29BN2O5. The lowest BCUT2D eigenvalue weighted by Gasteiger charge is -2.32. The molecule has 3 aromatic rings. The van der Waals surface area contributed by atoms with Gasteiger partial charge in [0, 0.05) is 18.2 Å². The molecule has 8 heteroatoms. The molecular weight excluding hydrogens is 431 g/mol. The molecule has 1 aromatic heterocycles. The summed E-state index contributed by atoms with van der Waals surface area (Å²) >= 11 is 0. The van der Waals surface area contributed by atoms with Crippen LogP contribution in [0.5, 0.6) is 0 Å². The van der Waals surface area contributed by atoms with Crippen LogP contribution in [0.3, 0.4) is 0 Å². The molecule has 0 unspecified atom stereocenters. The normalized spacial score (nSPS) is 16.9. The fourth-order valence-electron chi connectivity index (χ4n) is 3.47. The van der Waals surface area contributed by atoms with Crippen LogP contribution < -0.4 is 5.32 Å². The number of nitrogens with zero attached hydrogens (tertiary/aromatic N) is 1. The number of ether oxygens (including phenoxy) is 1. The van der Waals surface area contributed by atoms with Crippen molar-refractivity contribution in [2.75, 3.05) is 6.54 Å². The van der Waals surface area contributed by atoms with E-state index in [2.05, 4.69) is 10.5 Å². The van der Waals surface area contributed by atoms with E-state index in [9.17, 15) is 4.79 Å². The second-order valence-corrected chi connectivity index (χ2v) is 9.22. The van der Waals surface area contributed by atoms with E-state index < -0.39 is 24.4 Å². The fourth-order valence-corrected chi connectivity index (χ4v) is 3.47. The lowest BCUT2D eigenvalue weighted by Crippen LogP contribution is -2.41. The Bertz CT molecular complexity index is 1110. The molecule has 0 spiro atoms. The first-order chi connectivity index (χ1) is 16.2. The first kappa shape index (κ1) is 23.8. The lowest BCUT2D eigenvalue weighted by atomic mass is 9.77. The summed E-state index contributed by atoms with van der Waals surface area (Å²) in [7, 11) is -0.603. The minimum atomic E-state index is -0.603. The number of carbonyl (C=O) groups excluding carboxylic acids is 1. The van der Waals surface area contributed by atoms with Crippen LogP contribution in [0.4, 0.5) is 4.79 Å². The maximum absolute atomic E-state index is 12.4. The third-order valence-corrected chi connectivity index (χ3v) is 6.19. The zero-order valence-corrected chi connectivity index (χ0v) is 19.9. The maximum Gasteiger partial charge on any atom is 0.492 e. The Morgan fingerprint density at radius 2 is 1.68 bits per heavy atom. The average molecular weight is 460 g/mol. The molecule has 0 saturated carbocycles. The number of hydrogen-bond acceptors (Lipinski definition) is 6. The van der Waals surface area contributed by atoms with Crippen molar-refractivity contribution in [3.63, 3.8) is 0 Å². The summed E-state index contributed by atoms with van der Waals surface area (Å²) in [6.07, 6.45) is 3.07. The first-order valence-electron chi connectivity index (χ1n) is 11.3. The van der Waals surface area contributed by atoms with Crippen molar-refractivity contribution in [2.24, 2.45) is 0 Å². The van der Waals surface area contributed by atoms with Crippen molar-refractivity contribution in [1.82, 2.24) is 10.5 Å². The van der Waals surface area contributed by atoms with Gasteiger partial charge in [-0.3, -0.25) is 0 Å². The summed E-state index contributed by atoms with van der Waals surface area (Å²) in [5.41, 5.74) is 2.57. The summed E-state index contributed by atoms with van der Waals surface area (Å²) in [6.45, 7) is 8.41. The predicted molar refractivity (Wildman–Crippen MR) is 131 cm³/mol. The molecule has 0 bridgehead atoms. The Hall–Kier alpha value is -3.36. The number of hydrogen-bond donors (Lipinski definition) is 1. The quantitative estimate of drug-likeness (QED) is 0.483. The molecule has 1 saturated heterocycles. The zero-order chi connectivity index (χ0) is 24.2. The van der Waals surface area contributed by atoms with E-state index in [1.807, 2.05) is 94.4 Å². The number of nitrogens with one attached hydrogen (secondary N) is 1. The van der Waals surface area contributed by atoms with Crippen LogP contribution >= 0.6 is 0 Å². The molecule has 1 fully saturated rings. The highest BCUT2D eigenvalue weighted by molar-refractivity contribution is 6.56. The van der Waals surface area contributed by atoms with E-state index in [1.165, 1.54) is 0 Å². The Kier molecular flexibility index (Phi) is 6.91. The molecule has 0 aliphatic carbocycles. The summed E-state index contributed by atoms with van der Waals surface area (Å²) in [6, 6.07) is 19.2. The van der Waals surface area contributed by atoms with Crippen LogP contribution in [0.15, 0.2) is 76.9 Å². The van der Waals surface area contributed by atoms with Gasteiger partial charge in [-0.1, -0.05) is 65.8 Å². The van der Waals surface area contributed by atoms with Gasteiger partial charge in [-0.15, -0.1) is 0 Å². The fraction of sp³-hybridized carbons (Fsp3) is 0.308. The minimum absolute atomic E-state index is 0.200. The highest BCUT2D eigenvalue weighted by Crippen LogP contribution is 2.38. The third-order valence-electron chi connectivity index (χ3n) is 6.19. The average Bonchev–Trinajstić information content (AvgIpc) is 3.42. The highest BCUT2D eigenvalue weighted by Gasteiger charge is 2.52. The van der Waals surface area contributed by atoms with Gasteiger partial charge in [0.25, 0.3) is 0 Å². The molecule has 1 amide bonds. The van der Waals surface area contributed by atoms with Crippen molar-refractivity contribution >= 4 is 19.3 Å². The first-order valence-corrected chi connectivity index (χ1v) is 11.3. The number of carbonyl (C=O) groups is 1. The van der Waals surface area contributed by atoms with Crippen LogP contribution in [0.25, 0.3) is 17.4 Å². The Morgan fingerprint density at radius 1 is 1.00 bits per heavy atom. The van der Waals surface area contributed by atoms with Gasteiger partial charge in [0.05, 0.1) is 17.4 Å². The number of aromatic nitrogens is 1. The number of amides is 1. The SMILES string of the molecule is CC1(C)OB(C(=Cc2ccc(-c3ccno3)cc2)CNC(=O)OCc2ccccc2)OC1(C)C. The number of benzene rings is 2. The Labute approximate surface area is 200 Å². The summed E-state index contributed by atoms with van der Waals surface area (Å²) in [5.74, 6) is 0.699. The van der Waals surface area contributed by atoms with Crippen molar-refractivity contribution in [1.29, 1.82) is 0 Å². The Balaban J connectivity index is 1.48. The monoisotopic (exact) mass is 460 g/mol. The zero-order valence-electron chi connectivity index (χ0n) is 19.9. The van der Waals surface area contributed by atoms with E-state index in [0.29, 0.717) is 5.76 Å². The van der Waals surface area contributed by atoms with Crippen LogP contribution in [0.1, 0.15) is 38.8 Å². The van der Waals surface area contributed by atoms with Gasteiger partial charge in [-0.05, 0) is 44.3 Å². The van der Waals surface area contributed by atoms with E-state index >= 15 is 0 Å². The van der Waals surface area contributed by atoms with E-state index in [0.717, 1.165) is 22.2 Å². The predicted octanol–water partition coefficient (Wildman–Crippen LogP) is 5.28. The molecule has 7 nitrogen and oxygen atoms in total. The van der Waals surface area contributed by atoms with Gasteiger partial charge in [-0.2, -0.15) is 0 Å². The molecule has 1 aliphatic rings. The topological polar surface area (TPSA) is 82.8 Å². The van der Waals surface area contributed by atoms with Crippen molar-refractivity contribution in [3.8, 4) is 11.3 Å². The molecule has 2 heterocycles. The third kappa shape index (κ3) is 5.58. The van der Waals surface area contributed by atoms with Gasteiger partial charge in [0.2, 0.25) is 0 Å². The molecule has 0 radical (unpaired) electrons. The standard InChI is InChI=1S/C26H29BN2O5/c1-25(2)26(3,4)34-27(33-25)22(17-28-24(30)31-18-20-8-6-5-7-9-20)16-19-10-12-21(13-11-19)23-14-15-29-32-23/h5-16H,17-18H2,1-4H3,(H,28,30). The van der Waals surface area contributed by atoms with Crippen LogP contribution in [-0.4, -0.2) is 36.1 Å². The molecule has 4 rings (SSSR count). The maximum atomic E-state index is 12.4. The minimum Gasteiger partial charge on any atom is -0.445 e. The van der Waals surface area contributed by atoms with Crippen molar-refractivity contribution in [3.05, 3.63) is 83.5 Å². The van der Waals surface area contributed by atoms with Gasteiger partial charge in [-0.25, -0.2) is 4.79 Å². The van der Waals surface area contributed by atoms with Crippen LogP contribution in [-0.2, 0) is 20.7 Å². The van der Waals surface area contributed by atoms with Gasteiger partial charge >= 0.3 is 13.2 Å². The smallest absolute Gasteiger partial charge is 0.445 e. The van der Waals surface area contributed by atoms with E-state index in [4.69, 9.17) is 18.6 Å². The lowest BCUT2D eigenvalue weighted by molar-refractivity contribution is 0.00578. The summed E-state index contributed by atoms with van der Waals surface area (Å²) in [4.78, 5) is 12.4. The van der Waals surface area contributed by atoms with Gasteiger partial charge < -0.3 is 23.9 Å².